The second-order valence-electron chi connectivity index (χ2n) is 6.96. The van der Waals surface area contributed by atoms with Gasteiger partial charge in [-0.25, -0.2) is 4.98 Å². The molecular weight excluding hydrogens is 316 g/mol. The highest BCUT2D eigenvalue weighted by atomic mass is 32.1. The third-order valence-electron chi connectivity index (χ3n) is 5.22. The zero-order chi connectivity index (χ0) is 16.4. The van der Waals surface area contributed by atoms with E-state index in [0.717, 1.165) is 30.8 Å². The highest BCUT2D eigenvalue weighted by molar-refractivity contribution is 7.15. The molecule has 0 N–H and O–H groups in total. The average molecular weight is 340 g/mol. The van der Waals surface area contributed by atoms with Crippen LogP contribution in [0.25, 0.3) is 0 Å². The molecule has 2 aliphatic carbocycles. The maximum atomic E-state index is 13.2. The molecule has 2 aliphatic rings. The van der Waals surface area contributed by atoms with Crippen LogP contribution in [0.4, 0.5) is 5.13 Å². The van der Waals surface area contributed by atoms with Crippen LogP contribution in [-0.2, 0) is 24.2 Å². The molecule has 1 heterocycles. The molecule has 0 bridgehead atoms. The molecule has 0 radical (unpaired) electrons. The third-order valence-corrected chi connectivity index (χ3v) is 6.40. The summed E-state index contributed by atoms with van der Waals surface area (Å²) in [4.78, 5) is 21.4. The minimum Gasteiger partial charge on any atom is -0.283 e. The summed E-state index contributed by atoms with van der Waals surface area (Å²) in [5.41, 5.74) is 2.41. The highest BCUT2D eigenvalue weighted by Gasteiger charge is 2.30. The Morgan fingerprint density at radius 1 is 1.08 bits per heavy atom. The summed E-state index contributed by atoms with van der Waals surface area (Å²) in [5.74, 6) is 0.470. The molecule has 0 aliphatic heterocycles. The Bertz CT molecular complexity index is 680. The van der Waals surface area contributed by atoms with Gasteiger partial charge in [0.1, 0.15) is 0 Å². The smallest absolute Gasteiger partial charge is 0.232 e. The lowest BCUT2D eigenvalue weighted by Crippen LogP contribution is -2.34. The van der Waals surface area contributed by atoms with Crippen molar-refractivity contribution in [3.63, 3.8) is 0 Å². The van der Waals surface area contributed by atoms with Crippen LogP contribution in [-0.4, -0.2) is 10.9 Å². The normalized spacial score (nSPS) is 17.7. The van der Waals surface area contributed by atoms with Crippen molar-refractivity contribution in [2.24, 2.45) is 5.92 Å². The molecule has 126 valence electrons. The summed E-state index contributed by atoms with van der Waals surface area (Å²) in [6, 6.07) is 10.3. The average Bonchev–Trinajstić information content (AvgIpc) is 3.29. The second kappa shape index (κ2) is 7.06. The molecule has 1 fully saturated rings. The predicted molar refractivity (Wildman–Crippen MR) is 98.3 cm³/mol. The number of thiazole rings is 1. The van der Waals surface area contributed by atoms with Gasteiger partial charge in [-0.3, -0.25) is 9.69 Å². The minimum absolute atomic E-state index is 0.189. The Hall–Kier alpha value is -1.68. The van der Waals surface area contributed by atoms with E-state index in [2.05, 4.69) is 12.1 Å². The van der Waals surface area contributed by atoms with Crippen molar-refractivity contribution in [2.75, 3.05) is 4.90 Å². The number of nitrogens with zero attached hydrogens (tertiary/aromatic N) is 2. The van der Waals surface area contributed by atoms with Crippen LogP contribution in [0.2, 0.25) is 0 Å². The van der Waals surface area contributed by atoms with Crippen LogP contribution in [0.15, 0.2) is 30.3 Å². The molecule has 0 atom stereocenters. The first kappa shape index (κ1) is 15.8. The van der Waals surface area contributed by atoms with Crippen molar-refractivity contribution in [3.8, 4) is 0 Å². The minimum atomic E-state index is 0.189. The summed E-state index contributed by atoms with van der Waals surface area (Å²) in [6.07, 6.45) is 9.13. The van der Waals surface area contributed by atoms with Gasteiger partial charge in [-0.2, -0.15) is 0 Å². The molecule has 4 rings (SSSR count). The van der Waals surface area contributed by atoms with E-state index in [-0.39, 0.29) is 11.8 Å². The fourth-order valence-corrected chi connectivity index (χ4v) is 5.01. The molecule has 24 heavy (non-hydrogen) atoms. The van der Waals surface area contributed by atoms with E-state index in [1.165, 1.54) is 41.8 Å². The molecule has 1 aromatic carbocycles. The van der Waals surface area contributed by atoms with Gasteiger partial charge < -0.3 is 0 Å². The van der Waals surface area contributed by atoms with E-state index in [1.807, 2.05) is 23.1 Å². The van der Waals surface area contributed by atoms with Gasteiger partial charge in [0.05, 0.1) is 12.2 Å². The SMILES string of the molecule is O=C(C1CCCC1)N(Cc1ccccc1)c1nc2c(s1)CCCC2. The molecule has 1 aromatic heterocycles. The number of rotatable bonds is 4. The fraction of sp³-hybridized carbons (Fsp3) is 0.500. The van der Waals surface area contributed by atoms with Crippen molar-refractivity contribution in [3.05, 3.63) is 46.5 Å². The van der Waals surface area contributed by atoms with Crippen molar-refractivity contribution in [2.45, 2.75) is 57.9 Å². The number of carbonyl (C=O) groups excluding carboxylic acids is 1. The van der Waals surface area contributed by atoms with Gasteiger partial charge in [-0.15, -0.1) is 11.3 Å². The van der Waals surface area contributed by atoms with Gasteiger partial charge in [-0.1, -0.05) is 43.2 Å². The van der Waals surface area contributed by atoms with E-state index in [0.29, 0.717) is 6.54 Å². The monoisotopic (exact) mass is 340 g/mol. The largest absolute Gasteiger partial charge is 0.283 e. The number of amides is 1. The topological polar surface area (TPSA) is 33.2 Å². The zero-order valence-corrected chi connectivity index (χ0v) is 14.9. The Kier molecular flexibility index (Phi) is 4.65. The van der Waals surface area contributed by atoms with Gasteiger partial charge >= 0.3 is 0 Å². The van der Waals surface area contributed by atoms with Gasteiger partial charge in [0.15, 0.2) is 5.13 Å². The van der Waals surface area contributed by atoms with Gasteiger partial charge in [-0.05, 0) is 44.1 Å². The maximum Gasteiger partial charge on any atom is 0.232 e. The van der Waals surface area contributed by atoms with E-state index in [1.54, 1.807) is 11.3 Å². The summed E-state index contributed by atoms with van der Waals surface area (Å²) in [6.45, 7) is 0.641. The lowest BCUT2D eigenvalue weighted by Gasteiger charge is -2.23. The summed E-state index contributed by atoms with van der Waals surface area (Å²) < 4.78 is 0. The van der Waals surface area contributed by atoms with E-state index < -0.39 is 0 Å². The van der Waals surface area contributed by atoms with E-state index in [4.69, 9.17) is 4.98 Å². The number of anilines is 1. The molecule has 0 saturated heterocycles. The number of carbonyl (C=O) groups is 1. The summed E-state index contributed by atoms with van der Waals surface area (Å²) in [7, 11) is 0. The number of hydrogen-bond donors (Lipinski definition) is 0. The van der Waals surface area contributed by atoms with Crippen LogP contribution in [0.5, 0.6) is 0 Å². The summed E-state index contributed by atoms with van der Waals surface area (Å²) in [5, 5.41) is 0.919. The standard InChI is InChI=1S/C20H24N2OS/c23-19(16-10-4-5-11-16)22(14-15-8-2-1-3-9-15)20-21-17-12-6-7-13-18(17)24-20/h1-3,8-9,16H,4-7,10-14H2. The first-order valence-electron chi connectivity index (χ1n) is 9.15. The van der Waals surface area contributed by atoms with Crippen molar-refractivity contribution in [1.82, 2.24) is 4.98 Å². The Balaban J connectivity index is 1.64. The van der Waals surface area contributed by atoms with Crippen LogP contribution in [0.1, 0.15) is 54.7 Å². The fourth-order valence-electron chi connectivity index (χ4n) is 3.85. The Morgan fingerprint density at radius 2 is 1.83 bits per heavy atom. The molecule has 0 spiro atoms. The van der Waals surface area contributed by atoms with E-state index in [9.17, 15) is 4.79 Å². The predicted octanol–water partition coefficient (Wildman–Crippen LogP) is 4.75. The second-order valence-corrected chi connectivity index (χ2v) is 8.03. The van der Waals surface area contributed by atoms with Crippen LogP contribution in [0, 0.1) is 5.92 Å². The van der Waals surface area contributed by atoms with E-state index >= 15 is 0 Å². The van der Waals surface area contributed by atoms with Gasteiger partial charge in [0.25, 0.3) is 0 Å². The molecule has 4 heteroatoms. The first-order chi connectivity index (χ1) is 11.8. The quantitative estimate of drug-likeness (QED) is 0.805. The molecule has 2 aromatic rings. The molecule has 0 unspecified atom stereocenters. The number of fused-ring (bicyclic) bond motifs is 1. The maximum absolute atomic E-state index is 13.2. The van der Waals surface area contributed by atoms with Crippen molar-refractivity contribution < 1.29 is 4.79 Å². The third kappa shape index (κ3) is 3.25. The van der Waals surface area contributed by atoms with Crippen molar-refractivity contribution in [1.29, 1.82) is 0 Å². The summed E-state index contributed by atoms with van der Waals surface area (Å²) >= 11 is 1.74. The highest BCUT2D eigenvalue weighted by Crippen LogP contribution is 2.35. The lowest BCUT2D eigenvalue weighted by molar-refractivity contribution is -0.122. The van der Waals surface area contributed by atoms with Crippen LogP contribution >= 0.6 is 11.3 Å². The molecule has 1 amide bonds. The number of hydrogen-bond acceptors (Lipinski definition) is 3. The number of aromatic nitrogens is 1. The first-order valence-corrected chi connectivity index (χ1v) is 9.97. The lowest BCUT2D eigenvalue weighted by atomic mass is 10.0. The van der Waals surface area contributed by atoms with Gasteiger partial charge in [0, 0.05) is 10.8 Å². The zero-order valence-electron chi connectivity index (χ0n) is 14.0. The molecule has 3 nitrogen and oxygen atoms in total. The Labute approximate surface area is 147 Å². The van der Waals surface area contributed by atoms with Gasteiger partial charge in [0.2, 0.25) is 5.91 Å². The molecule has 1 saturated carbocycles. The number of benzene rings is 1. The van der Waals surface area contributed by atoms with Crippen LogP contribution in [0.3, 0.4) is 0 Å². The number of aryl methyl sites for hydroxylation is 2. The Morgan fingerprint density at radius 3 is 2.58 bits per heavy atom. The van der Waals surface area contributed by atoms with Crippen LogP contribution < -0.4 is 4.90 Å². The molecular formula is C20H24N2OS. The van der Waals surface area contributed by atoms with Crippen molar-refractivity contribution >= 4 is 22.4 Å².